The SMILES string of the molecule is COc1cccc([C@@H]2C[C@H](O)CN2C(=O)Cc2ccc(C)nc2)c1. The fraction of sp³-hybridized carbons (Fsp3) is 0.368. The zero-order chi connectivity index (χ0) is 17.1. The average Bonchev–Trinajstić information content (AvgIpc) is 2.99. The molecule has 3 rings (SSSR count). The lowest BCUT2D eigenvalue weighted by Crippen LogP contribution is -2.33. The van der Waals surface area contributed by atoms with Crippen molar-refractivity contribution in [1.29, 1.82) is 0 Å². The van der Waals surface area contributed by atoms with E-state index in [4.69, 9.17) is 4.74 Å². The number of likely N-dealkylation sites (tertiary alicyclic amines) is 1. The number of carbonyl (C=O) groups is 1. The van der Waals surface area contributed by atoms with Crippen molar-refractivity contribution in [1.82, 2.24) is 9.88 Å². The van der Waals surface area contributed by atoms with E-state index < -0.39 is 6.10 Å². The van der Waals surface area contributed by atoms with Gasteiger partial charge in [0.1, 0.15) is 5.75 Å². The first-order valence-corrected chi connectivity index (χ1v) is 8.10. The summed E-state index contributed by atoms with van der Waals surface area (Å²) in [4.78, 5) is 18.7. The standard InChI is InChI=1S/C19H22N2O3/c1-13-6-7-14(11-20-13)8-19(23)21-12-16(22)10-18(21)15-4-3-5-17(9-15)24-2/h3-7,9,11,16,18,22H,8,10,12H2,1-2H3/t16-,18-/m0/s1. The minimum atomic E-state index is -0.499. The van der Waals surface area contributed by atoms with Crippen LogP contribution in [-0.4, -0.2) is 40.7 Å². The van der Waals surface area contributed by atoms with Gasteiger partial charge in [0.05, 0.1) is 25.7 Å². The van der Waals surface area contributed by atoms with Gasteiger partial charge in [-0.25, -0.2) is 0 Å². The highest BCUT2D eigenvalue weighted by atomic mass is 16.5. The summed E-state index contributed by atoms with van der Waals surface area (Å²) in [7, 11) is 1.62. The highest BCUT2D eigenvalue weighted by Gasteiger charge is 2.35. The Balaban J connectivity index is 1.79. The molecule has 1 saturated heterocycles. The van der Waals surface area contributed by atoms with Gasteiger partial charge in [-0.2, -0.15) is 0 Å². The molecular formula is C19H22N2O3. The Morgan fingerprint density at radius 3 is 2.92 bits per heavy atom. The minimum absolute atomic E-state index is 0.00465. The Hall–Kier alpha value is -2.40. The number of aliphatic hydroxyl groups is 1. The zero-order valence-electron chi connectivity index (χ0n) is 14.0. The molecule has 0 radical (unpaired) electrons. The second-order valence-corrected chi connectivity index (χ2v) is 6.21. The van der Waals surface area contributed by atoms with Crippen LogP contribution in [0.5, 0.6) is 5.75 Å². The van der Waals surface area contributed by atoms with Crippen LogP contribution in [0.1, 0.15) is 29.3 Å². The quantitative estimate of drug-likeness (QED) is 0.936. The number of hydrogen-bond donors (Lipinski definition) is 1. The maximum absolute atomic E-state index is 12.7. The molecule has 0 spiro atoms. The van der Waals surface area contributed by atoms with Crippen LogP contribution < -0.4 is 4.74 Å². The number of nitrogens with zero attached hydrogens (tertiary/aromatic N) is 2. The second kappa shape index (κ2) is 7.01. The van der Waals surface area contributed by atoms with E-state index in [-0.39, 0.29) is 11.9 Å². The molecule has 24 heavy (non-hydrogen) atoms. The number of pyridine rings is 1. The van der Waals surface area contributed by atoms with Gasteiger partial charge >= 0.3 is 0 Å². The Kier molecular flexibility index (Phi) is 4.81. The van der Waals surface area contributed by atoms with Crippen molar-refractivity contribution in [2.75, 3.05) is 13.7 Å². The Morgan fingerprint density at radius 2 is 2.21 bits per heavy atom. The van der Waals surface area contributed by atoms with Crippen LogP contribution in [0.2, 0.25) is 0 Å². The first-order valence-electron chi connectivity index (χ1n) is 8.10. The number of ether oxygens (including phenoxy) is 1. The van der Waals surface area contributed by atoms with Crippen LogP contribution in [0, 0.1) is 6.92 Å². The van der Waals surface area contributed by atoms with Crippen LogP contribution in [0.4, 0.5) is 0 Å². The molecule has 5 heteroatoms. The lowest BCUT2D eigenvalue weighted by molar-refractivity contribution is -0.131. The van der Waals surface area contributed by atoms with Crippen LogP contribution in [-0.2, 0) is 11.2 Å². The molecule has 126 valence electrons. The Labute approximate surface area is 141 Å². The topological polar surface area (TPSA) is 62.7 Å². The van der Waals surface area contributed by atoms with Crippen molar-refractivity contribution >= 4 is 5.91 Å². The number of β-amino-alcohol motifs (C(OH)–C–C–N with tert-alkyl or cyclic N) is 1. The summed E-state index contributed by atoms with van der Waals surface area (Å²) in [6, 6.07) is 11.4. The number of aliphatic hydroxyl groups excluding tert-OH is 1. The molecule has 1 aliphatic rings. The molecule has 1 aromatic heterocycles. The molecule has 2 aromatic rings. The average molecular weight is 326 g/mol. The van der Waals surface area contributed by atoms with Gasteiger partial charge in [0, 0.05) is 18.4 Å². The van der Waals surface area contributed by atoms with E-state index in [1.807, 2.05) is 43.3 Å². The largest absolute Gasteiger partial charge is 0.497 e. The van der Waals surface area contributed by atoms with E-state index in [2.05, 4.69) is 4.98 Å². The van der Waals surface area contributed by atoms with E-state index in [0.29, 0.717) is 19.4 Å². The summed E-state index contributed by atoms with van der Waals surface area (Å²) >= 11 is 0. The second-order valence-electron chi connectivity index (χ2n) is 6.21. The molecule has 0 aliphatic carbocycles. The fourth-order valence-electron chi connectivity index (χ4n) is 3.13. The highest BCUT2D eigenvalue weighted by molar-refractivity contribution is 5.79. The summed E-state index contributed by atoms with van der Waals surface area (Å²) in [6.45, 7) is 2.28. The fourth-order valence-corrected chi connectivity index (χ4v) is 3.13. The first-order chi connectivity index (χ1) is 11.6. The molecule has 0 unspecified atom stereocenters. The van der Waals surface area contributed by atoms with Crippen molar-refractivity contribution in [3.8, 4) is 5.75 Å². The maximum Gasteiger partial charge on any atom is 0.227 e. The summed E-state index contributed by atoms with van der Waals surface area (Å²) in [5, 5.41) is 10.1. The molecular weight excluding hydrogens is 304 g/mol. The van der Waals surface area contributed by atoms with Crippen LogP contribution >= 0.6 is 0 Å². The first kappa shape index (κ1) is 16.5. The maximum atomic E-state index is 12.7. The Morgan fingerprint density at radius 1 is 1.38 bits per heavy atom. The number of aromatic nitrogens is 1. The number of carbonyl (C=O) groups excluding carboxylic acids is 1. The van der Waals surface area contributed by atoms with Gasteiger partial charge in [0.2, 0.25) is 5.91 Å². The smallest absolute Gasteiger partial charge is 0.227 e. The van der Waals surface area contributed by atoms with Crippen LogP contribution in [0.25, 0.3) is 0 Å². The van der Waals surface area contributed by atoms with Gasteiger partial charge in [-0.15, -0.1) is 0 Å². The van der Waals surface area contributed by atoms with E-state index >= 15 is 0 Å². The van der Waals surface area contributed by atoms with Gasteiger partial charge in [-0.1, -0.05) is 18.2 Å². The van der Waals surface area contributed by atoms with Crippen LogP contribution in [0.15, 0.2) is 42.6 Å². The number of benzene rings is 1. The van der Waals surface area contributed by atoms with Crippen molar-refractivity contribution in [2.45, 2.75) is 31.9 Å². The normalized spacial score (nSPS) is 20.2. The van der Waals surface area contributed by atoms with Crippen molar-refractivity contribution < 1.29 is 14.6 Å². The lowest BCUT2D eigenvalue weighted by atomic mass is 10.0. The van der Waals surface area contributed by atoms with Crippen molar-refractivity contribution in [3.63, 3.8) is 0 Å². The van der Waals surface area contributed by atoms with Gasteiger partial charge < -0.3 is 14.7 Å². The third-order valence-electron chi connectivity index (χ3n) is 4.41. The van der Waals surface area contributed by atoms with Gasteiger partial charge in [-0.3, -0.25) is 9.78 Å². The van der Waals surface area contributed by atoms with Crippen molar-refractivity contribution in [3.05, 3.63) is 59.4 Å². The number of hydrogen-bond acceptors (Lipinski definition) is 4. The summed E-state index contributed by atoms with van der Waals surface area (Å²) in [5.41, 5.74) is 2.80. The van der Waals surface area contributed by atoms with E-state index in [1.54, 1.807) is 18.2 Å². The predicted molar refractivity (Wildman–Crippen MR) is 90.7 cm³/mol. The molecule has 2 heterocycles. The molecule has 1 fully saturated rings. The lowest BCUT2D eigenvalue weighted by Gasteiger charge is -2.25. The third kappa shape index (κ3) is 3.57. The summed E-state index contributed by atoms with van der Waals surface area (Å²) < 4.78 is 5.27. The molecule has 2 atom stereocenters. The molecule has 1 aromatic carbocycles. The van der Waals surface area contributed by atoms with Crippen molar-refractivity contribution in [2.24, 2.45) is 0 Å². The van der Waals surface area contributed by atoms with E-state index in [9.17, 15) is 9.90 Å². The molecule has 1 amide bonds. The summed E-state index contributed by atoms with van der Waals surface area (Å²) in [5.74, 6) is 0.758. The molecule has 1 aliphatic heterocycles. The molecule has 1 N–H and O–H groups in total. The third-order valence-corrected chi connectivity index (χ3v) is 4.41. The van der Waals surface area contributed by atoms with E-state index in [1.165, 1.54) is 0 Å². The van der Waals surface area contributed by atoms with Crippen LogP contribution in [0.3, 0.4) is 0 Å². The zero-order valence-corrected chi connectivity index (χ0v) is 14.0. The Bertz CT molecular complexity index is 715. The minimum Gasteiger partial charge on any atom is -0.497 e. The highest BCUT2D eigenvalue weighted by Crippen LogP contribution is 2.34. The monoisotopic (exact) mass is 326 g/mol. The summed E-state index contributed by atoms with van der Waals surface area (Å²) in [6.07, 6.45) is 2.08. The predicted octanol–water partition coefficient (Wildman–Crippen LogP) is 2.28. The van der Waals surface area contributed by atoms with Gasteiger partial charge in [0.25, 0.3) is 0 Å². The van der Waals surface area contributed by atoms with E-state index in [0.717, 1.165) is 22.6 Å². The van der Waals surface area contributed by atoms with Gasteiger partial charge in [-0.05, 0) is 42.7 Å². The number of rotatable bonds is 4. The molecule has 0 bridgehead atoms. The number of amides is 1. The number of aryl methyl sites for hydroxylation is 1. The van der Waals surface area contributed by atoms with Gasteiger partial charge in [0.15, 0.2) is 0 Å². The number of methoxy groups -OCH3 is 1. The molecule has 0 saturated carbocycles. The molecule has 5 nitrogen and oxygen atoms in total.